The minimum Gasteiger partial charge on any atom is -0.269 e. The van der Waals surface area contributed by atoms with Gasteiger partial charge in [0.25, 0.3) is 5.56 Å². The molecule has 0 aliphatic heterocycles. The number of nitrogens with zero attached hydrogens (tertiary/aromatic N) is 2. The van der Waals surface area contributed by atoms with Crippen LogP contribution in [-0.2, 0) is 0 Å². The lowest BCUT2D eigenvalue weighted by atomic mass is 10.1. The van der Waals surface area contributed by atoms with E-state index < -0.39 is 0 Å². The highest BCUT2D eigenvalue weighted by Gasteiger charge is 2.29. The number of pyridine rings is 1. The van der Waals surface area contributed by atoms with Crippen LogP contribution in [0, 0.1) is 24.1 Å². The second-order valence-corrected chi connectivity index (χ2v) is 5.13. The van der Waals surface area contributed by atoms with Gasteiger partial charge in [-0.25, -0.2) is 4.39 Å². The number of benzene rings is 1. The molecular formula is C16H13FN2O. The molecule has 1 heterocycles. The van der Waals surface area contributed by atoms with Gasteiger partial charge in [0, 0.05) is 5.56 Å². The van der Waals surface area contributed by atoms with Gasteiger partial charge in [-0.15, -0.1) is 0 Å². The fourth-order valence-corrected chi connectivity index (χ4v) is 2.43. The Hall–Kier alpha value is -2.41. The molecule has 1 aliphatic rings. The summed E-state index contributed by atoms with van der Waals surface area (Å²) in [6.45, 7) is 1.75. The van der Waals surface area contributed by atoms with E-state index in [2.05, 4.69) is 6.07 Å². The molecule has 1 saturated carbocycles. The minimum absolute atomic E-state index is 0.224. The topological polar surface area (TPSA) is 45.8 Å². The largest absolute Gasteiger partial charge is 0.269 e. The minimum atomic E-state index is -0.365. The third kappa shape index (κ3) is 2.01. The van der Waals surface area contributed by atoms with Crippen LogP contribution in [-0.4, -0.2) is 4.57 Å². The molecule has 2 aromatic rings. The Morgan fingerprint density at radius 2 is 1.95 bits per heavy atom. The average Bonchev–Trinajstić information content (AvgIpc) is 3.27. The molecule has 4 heteroatoms. The third-order valence-corrected chi connectivity index (χ3v) is 3.62. The van der Waals surface area contributed by atoms with Crippen molar-refractivity contribution in [3.05, 3.63) is 63.3 Å². The first-order valence-electron chi connectivity index (χ1n) is 6.54. The van der Waals surface area contributed by atoms with Crippen molar-refractivity contribution in [1.82, 2.24) is 4.57 Å². The van der Waals surface area contributed by atoms with Crippen molar-refractivity contribution in [2.45, 2.75) is 25.7 Å². The Morgan fingerprint density at radius 3 is 2.50 bits per heavy atom. The molecule has 0 unspecified atom stereocenters. The van der Waals surface area contributed by atoms with Crippen molar-refractivity contribution >= 4 is 0 Å². The van der Waals surface area contributed by atoms with Gasteiger partial charge in [0.15, 0.2) is 0 Å². The van der Waals surface area contributed by atoms with Crippen LogP contribution in [0.15, 0.2) is 35.1 Å². The molecule has 3 nitrogen and oxygen atoms in total. The van der Waals surface area contributed by atoms with E-state index in [0.29, 0.717) is 22.9 Å². The predicted molar refractivity (Wildman–Crippen MR) is 73.4 cm³/mol. The zero-order chi connectivity index (χ0) is 14.3. The summed E-state index contributed by atoms with van der Waals surface area (Å²) in [5.74, 6) is 0.00558. The molecule has 20 heavy (non-hydrogen) atoms. The van der Waals surface area contributed by atoms with E-state index in [9.17, 15) is 14.4 Å². The summed E-state index contributed by atoms with van der Waals surface area (Å²) < 4.78 is 14.4. The fraction of sp³-hybridized carbons (Fsp3) is 0.250. The second kappa shape index (κ2) is 4.61. The van der Waals surface area contributed by atoms with Gasteiger partial charge in [0.05, 0.1) is 5.69 Å². The van der Waals surface area contributed by atoms with Crippen molar-refractivity contribution in [2.75, 3.05) is 0 Å². The monoisotopic (exact) mass is 268 g/mol. The summed E-state index contributed by atoms with van der Waals surface area (Å²) in [6, 6.07) is 9.58. The molecule has 0 N–H and O–H groups in total. The van der Waals surface area contributed by atoms with Crippen LogP contribution in [0.25, 0.3) is 5.69 Å². The third-order valence-electron chi connectivity index (χ3n) is 3.62. The zero-order valence-corrected chi connectivity index (χ0v) is 11.1. The number of hydrogen-bond acceptors (Lipinski definition) is 2. The van der Waals surface area contributed by atoms with E-state index in [1.54, 1.807) is 6.92 Å². The predicted octanol–water partition coefficient (Wildman–Crippen LogP) is 3.03. The number of nitriles is 1. The van der Waals surface area contributed by atoms with E-state index >= 15 is 0 Å². The van der Waals surface area contributed by atoms with Crippen LogP contribution in [0.3, 0.4) is 0 Å². The number of aryl methyl sites for hydroxylation is 1. The lowest BCUT2D eigenvalue weighted by Gasteiger charge is -2.13. The SMILES string of the molecule is Cc1cc(C2CC2)c(C#N)n(-c2ccc(F)cc2)c1=O. The quantitative estimate of drug-likeness (QED) is 0.840. The van der Waals surface area contributed by atoms with Crippen molar-refractivity contribution in [2.24, 2.45) is 0 Å². The van der Waals surface area contributed by atoms with E-state index in [0.717, 1.165) is 18.4 Å². The normalized spacial score (nSPS) is 14.1. The van der Waals surface area contributed by atoms with Crippen molar-refractivity contribution < 1.29 is 4.39 Å². The van der Waals surface area contributed by atoms with Gasteiger partial charge in [0.1, 0.15) is 17.6 Å². The molecule has 0 atom stereocenters. The maximum atomic E-state index is 13.0. The van der Waals surface area contributed by atoms with E-state index in [4.69, 9.17) is 0 Å². The summed E-state index contributed by atoms with van der Waals surface area (Å²) in [7, 11) is 0. The Bertz CT molecular complexity index is 765. The standard InChI is InChI=1S/C16H13FN2O/c1-10-8-14(11-2-3-11)15(9-18)19(16(10)20)13-6-4-12(17)5-7-13/h4-8,11H,2-3H2,1H3. The molecule has 0 bridgehead atoms. The first-order valence-corrected chi connectivity index (χ1v) is 6.54. The number of halogens is 1. The second-order valence-electron chi connectivity index (χ2n) is 5.13. The molecule has 0 saturated heterocycles. The van der Waals surface area contributed by atoms with Crippen LogP contribution < -0.4 is 5.56 Å². The molecule has 0 radical (unpaired) electrons. The summed E-state index contributed by atoms with van der Waals surface area (Å²) in [5.41, 5.74) is 2.20. The molecule has 1 aliphatic carbocycles. The summed E-state index contributed by atoms with van der Waals surface area (Å²) >= 11 is 0. The van der Waals surface area contributed by atoms with Crippen LogP contribution in [0.2, 0.25) is 0 Å². The fourth-order valence-electron chi connectivity index (χ4n) is 2.43. The van der Waals surface area contributed by atoms with Gasteiger partial charge in [0.2, 0.25) is 0 Å². The zero-order valence-electron chi connectivity index (χ0n) is 11.1. The molecular weight excluding hydrogens is 255 g/mol. The van der Waals surface area contributed by atoms with Gasteiger partial charge in [-0.1, -0.05) is 0 Å². The maximum absolute atomic E-state index is 13.0. The van der Waals surface area contributed by atoms with Gasteiger partial charge in [-0.3, -0.25) is 9.36 Å². The molecule has 3 rings (SSSR count). The van der Waals surface area contributed by atoms with Crippen molar-refractivity contribution in [3.63, 3.8) is 0 Å². The Morgan fingerprint density at radius 1 is 1.30 bits per heavy atom. The van der Waals surface area contributed by atoms with E-state index in [1.807, 2.05) is 6.07 Å². The number of aromatic nitrogens is 1. The van der Waals surface area contributed by atoms with Crippen LogP contribution in [0.4, 0.5) is 4.39 Å². The average molecular weight is 268 g/mol. The Kier molecular flexibility index (Phi) is 2.90. The smallest absolute Gasteiger partial charge is 0.259 e. The summed E-state index contributed by atoms with van der Waals surface area (Å²) in [4.78, 5) is 12.3. The van der Waals surface area contributed by atoms with Gasteiger partial charge < -0.3 is 0 Å². The Labute approximate surface area is 115 Å². The van der Waals surface area contributed by atoms with Crippen LogP contribution in [0.1, 0.15) is 35.6 Å². The van der Waals surface area contributed by atoms with Gasteiger partial charge >= 0.3 is 0 Å². The highest BCUT2D eigenvalue weighted by Crippen LogP contribution is 2.41. The summed E-state index contributed by atoms with van der Waals surface area (Å²) in [5, 5.41) is 9.42. The first kappa shape index (κ1) is 12.6. The summed E-state index contributed by atoms with van der Waals surface area (Å²) in [6.07, 6.45) is 2.10. The molecule has 1 aromatic carbocycles. The van der Waals surface area contributed by atoms with Crippen LogP contribution >= 0.6 is 0 Å². The van der Waals surface area contributed by atoms with Gasteiger partial charge in [-0.2, -0.15) is 5.26 Å². The molecule has 1 aromatic heterocycles. The highest BCUT2D eigenvalue weighted by atomic mass is 19.1. The molecule has 0 spiro atoms. The van der Waals surface area contributed by atoms with Crippen molar-refractivity contribution in [3.8, 4) is 11.8 Å². The Balaban J connectivity index is 2.30. The first-order chi connectivity index (χ1) is 9.61. The van der Waals surface area contributed by atoms with E-state index in [1.165, 1.54) is 28.8 Å². The molecule has 100 valence electrons. The number of rotatable bonds is 2. The highest BCUT2D eigenvalue weighted by molar-refractivity contribution is 5.46. The lowest BCUT2D eigenvalue weighted by Crippen LogP contribution is -2.24. The molecule has 1 fully saturated rings. The van der Waals surface area contributed by atoms with Gasteiger partial charge in [-0.05, 0) is 61.6 Å². The lowest BCUT2D eigenvalue weighted by molar-refractivity contribution is 0.627. The van der Waals surface area contributed by atoms with Crippen LogP contribution in [0.5, 0.6) is 0 Å². The number of hydrogen-bond donors (Lipinski definition) is 0. The molecule has 0 amide bonds. The van der Waals surface area contributed by atoms with E-state index in [-0.39, 0.29) is 11.4 Å². The maximum Gasteiger partial charge on any atom is 0.259 e. The van der Waals surface area contributed by atoms with Crippen molar-refractivity contribution in [1.29, 1.82) is 5.26 Å².